The predicted octanol–water partition coefficient (Wildman–Crippen LogP) is 2.39. The molecule has 0 bridgehead atoms. The van der Waals surface area contributed by atoms with Crippen LogP contribution in [-0.2, 0) is 19.5 Å². The van der Waals surface area contributed by atoms with E-state index in [2.05, 4.69) is 46.7 Å². The van der Waals surface area contributed by atoms with Crippen LogP contribution in [-0.4, -0.2) is 20.6 Å². The summed E-state index contributed by atoms with van der Waals surface area (Å²) in [6.07, 6.45) is 8.56. The van der Waals surface area contributed by atoms with Crippen LogP contribution in [0.15, 0.2) is 30.9 Å². The molecule has 2 heterocycles. The lowest BCUT2D eigenvalue weighted by Crippen LogP contribution is -2.21. The summed E-state index contributed by atoms with van der Waals surface area (Å²) in [5, 5.41) is 3.41. The zero-order valence-electron chi connectivity index (χ0n) is 11.9. The van der Waals surface area contributed by atoms with E-state index in [1.54, 1.807) is 0 Å². The van der Waals surface area contributed by atoms with E-state index in [4.69, 9.17) is 0 Å². The van der Waals surface area contributed by atoms with Crippen molar-refractivity contribution < 1.29 is 0 Å². The fraction of sp³-hybridized carbons (Fsp3) is 0.467. The maximum atomic E-state index is 4.41. The van der Waals surface area contributed by atoms with Gasteiger partial charge in [-0.05, 0) is 18.1 Å². The van der Waals surface area contributed by atoms with Crippen molar-refractivity contribution in [1.82, 2.24) is 19.9 Å². The van der Waals surface area contributed by atoms with Crippen LogP contribution in [0.5, 0.6) is 0 Å². The first-order chi connectivity index (χ1) is 9.19. The molecule has 102 valence electrons. The van der Waals surface area contributed by atoms with Gasteiger partial charge in [-0.15, -0.1) is 0 Å². The highest BCUT2D eigenvalue weighted by molar-refractivity contribution is 5.21. The van der Waals surface area contributed by atoms with Crippen molar-refractivity contribution in [2.45, 2.75) is 46.3 Å². The van der Waals surface area contributed by atoms with E-state index in [1.165, 1.54) is 11.1 Å². The molecular formula is C15H22N4. The normalized spacial score (nSPS) is 11.2. The number of aryl methyl sites for hydroxylation is 1. The molecule has 1 N–H and O–H groups in total. The topological polar surface area (TPSA) is 42.7 Å². The van der Waals surface area contributed by atoms with Gasteiger partial charge < -0.3 is 9.88 Å². The van der Waals surface area contributed by atoms with Crippen LogP contribution >= 0.6 is 0 Å². The van der Waals surface area contributed by atoms with Crippen molar-refractivity contribution in [2.75, 3.05) is 0 Å². The lowest BCUT2D eigenvalue weighted by Gasteiger charge is -2.09. The van der Waals surface area contributed by atoms with Crippen LogP contribution in [0.1, 0.15) is 37.7 Å². The molecule has 2 rings (SSSR count). The number of imidazole rings is 1. The summed E-state index contributed by atoms with van der Waals surface area (Å²) in [6.45, 7) is 8.25. The number of pyridine rings is 1. The Morgan fingerprint density at radius 3 is 2.79 bits per heavy atom. The number of nitrogens with zero attached hydrogens (tertiary/aromatic N) is 3. The second-order valence-electron chi connectivity index (χ2n) is 5.04. The van der Waals surface area contributed by atoms with E-state index in [0.29, 0.717) is 6.04 Å². The molecule has 0 spiro atoms. The zero-order valence-corrected chi connectivity index (χ0v) is 11.9. The van der Waals surface area contributed by atoms with E-state index in [0.717, 1.165) is 25.3 Å². The fourth-order valence-electron chi connectivity index (χ4n) is 2.03. The highest BCUT2D eigenvalue weighted by Gasteiger charge is 2.04. The summed E-state index contributed by atoms with van der Waals surface area (Å²) in [4.78, 5) is 8.73. The van der Waals surface area contributed by atoms with Gasteiger partial charge in [-0.25, -0.2) is 4.98 Å². The SMILES string of the molecule is CCn1ccnc1Cc1cncc(CNC(C)C)c1. The molecule has 4 heteroatoms. The van der Waals surface area contributed by atoms with E-state index in [-0.39, 0.29) is 0 Å². The van der Waals surface area contributed by atoms with Crippen LogP contribution in [0.2, 0.25) is 0 Å². The lowest BCUT2D eigenvalue weighted by atomic mass is 10.1. The first-order valence-electron chi connectivity index (χ1n) is 6.85. The summed E-state index contributed by atoms with van der Waals surface area (Å²) in [5.41, 5.74) is 2.43. The molecule has 0 aliphatic carbocycles. The van der Waals surface area contributed by atoms with Crippen molar-refractivity contribution in [1.29, 1.82) is 0 Å². The first-order valence-corrected chi connectivity index (χ1v) is 6.85. The molecule has 0 saturated carbocycles. The highest BCUT2D eigenvalue weighted by Crippen LogP contribution is 2.09. The standard InChI is InChI=1S/C15H22N4/c1-4-19-6-5-17-15(19)8-13-7-14(10-16-9-13)11-18-12(2)3/h5-7,9-10,12,18H,4,8,11H2,1-3H3. The van der Waals surface area contributed by atoms with Crippen molar-refractivity contribution in [3.05, 3.63) is 47.8 Å². The summed E-state index contributed by atoms with van der Waals surface area (Å²) in [5.74, 6) is 1.10. The Bertz CT molecular complexity index is 516. The molecule has 0 fully saturated rings. The molecule has 0 atom stereocenters. The van der Waals surface area contributed by atoms with E-state index >= 15 is 0 Å². The predicted molar refractivity (Wildman–Crippen MR) is 76.9 cm³/mol. The molecule has 4 nitrogen and oxygen atoms in total. The molecule has 0 aliphatic heterocycles. The van der Waals surface area contributed by atoms with Gasteiger partial charge in [0.15, 0.2) is 0 Å². The maximum absolute atomic E-state index is 4.41. The lowest BCUT2D eigenvalue weighted by molar-refractivity contribution is 0.587. The summed E-state index contributed by atoms with van der Waals surface area (Å²) < 4.78 is 2.17. The minimum atomic E-state index is 0.489. The van der Waals surface area contributed by atoms with Crippen LogP contribution < -0.4 is 5.32 Å². The molecular weight excluding hydrogens is 236 g/mol. The molecule has 2 aromatic rings. The Kier molecular flexibility index (Phi) is 4.68. The van der Waals surface area contributed by atoms with Gasteiger partial charge in [-0.1, -0.05) is 19.9 Å². The van der Waals surface area contributed by atoms with Gasteiger partial charge in [0.25, 0.3) is 0 Å². The number of aromatic nitrogens is 3. The number of hydrogen-bond donors (Lipinski definition) is 1. The summed E-state index contributed by atoms with van der Waals surface area (Å²) in [6, 6.07) is 2.69. The molecule has 2 aromatic heterocycles. The fourth-order valence-corrected chi connectivity index (χ4v) is 2.03. The Hall–Kier alpha value is -1.68. The molecule has 0 saturated heterocycles. The van der Waals surface area contributed by atoms with Crippen LogP contribution in [0, 0.1) is 0 Å². The first kappa shape index (κ1) is 13.7. The van der Waals surface area contributed by atoms with Crippen molar-refractivity contribution in [2.24, 2.45) is 0 Å². The number of hydrogen-bond acceptors (Lipinski definition) is 3. The van der Waals surface area contributed by atoms with Gasteiger partial charge >= 0.3 is 0 Å². The molecule has 0 radical (unpaired) electrons. The van der Waals surface area contributed by atoms with E-state index in [1.807, 2.05) is 24.8 Å². The zero-order chi connectivity index (χ0) is 13.7. The maximum Gasteiger partial charge on any atom is 0.113 e. The quantitative estimate of drug-likeness (QED) is 0.865. The Labute approximate surface area is 114 Å². The molecule has 0 unspecified atom stereocenters. The minimum Gasteiger partial charge on any atom is -0.335 e. The average molecular weight is 258 g/mol. The average Bonchev–Trinajstić information content (AvgIpc) is 2.84. The van der Waals surface area contributed by atoms with Crippen LogP contribution in [0.4, 0.5) is 0 Å². The Morgan fingerprint density at radius 1 is 1.26 bits per heavy atom. The summed E-state index contributed by atoms with van der Waals surface area (Å²) >= 11 is 0. The van der Waals surface area contributed by atoms with E-state index in [9.17, 15) is 0 Å². The molecule has 0 aliphatic rings. The van der Waals surface area contributed by atoms with Crippen molar-refractivity contribution in [3.8, 4) is 0 Å². The Morgan fingerprint density at radius 2 is 2.05 bits per heavy atom. The third-order valence-corrected chi connectivity index (χ3v) is 3.07. The molecule has 0 amide bonds. The van der Waals surface area contributed by atoms with Gasteiger partial charge in [-0.2, -0.15) is 0 Å². The van der Waals surface area contributed by atoms with Crippen LogP contribution in [0.3, 0.4) is 0 Å². The minimum absolute atomic E-state index is 0.489. The monoisotopic (exact) mass is 258 g/mol. The van der Waals surface area contributed by atoms with Gasteiger partial charge in [-0.3, -0.25) is 4.98 Å². The van der Waals surface area contributed by atoms with Gasteiger partial charge in [0, 0.05) is 50.3 Å². The van der Waals surface area contributed by atoms with Crippen LogP contribution in [0.25, 0.3) is 0 Å². The third kappa shape index (κ3) is 3.89. The molecule has 19 heavy (non-hydrogen) atoms. The molecule has 0 aromatic carbocycles. The second-order valence-corrected chi connectivity index (χ2v) is 5.04. The number of nitrogens with one attached hydrogen (secondary N) is 1. The Balaban J connectivity index is 2.06. The van der Waals surface area contributed by atoms with E-state index < -0.39 is 0 Å². The number of rotatable bonds is 6. The second kappa shape index (κ2) is 6.48. The van der Waals surface area contributed by atoms with Crippen molar-refractivity contribution in [3.63, 3.8) is 0 Å². The smallest absolute Gasteiger partial charge is 0.113 e. The van der Waals surface area contributed by atoms with Gasteiger partial charge in [0.05, 0.1) is 0 Å². The van der Waals surface area contributed by atoms with Gasteiger partial charge in [0.2, 0.25) is 0 Å². The van der Waals surface area contributed by atoms with Gasteiger partial charge in [0.1, 0.15) is 5.82 Å². The summed E-state index contributed by atoms with van der Waals surface area (Å²) in [7, 11) is 0. The largest absolute Gasteiger partial charge is 0.335 e. The highest BCUT2D eigenvalue weighted by atomic mass is 15.0. The van der Waals surface area contributed by atoms with Crippen molar-refractivity contribution >= 4 is 0 Å². The third-order valence-electron chi connectivity index (χ3n) is 3.07.